The van der Waals surface area contributed by atoms with Gasteiger partial charge in [-0.25, -0.2) is 0 Å². The third-order valence-corrected chi connectivity index (χ3v) is 0. The average molecular weight is 176 g/mol. The molecule has 0 aliphatic carbocycles. The van der Waals surface area contributed by atoms with E-state index in [-0.39, 0.29) is 13.2 Å². The summed E-state index contributed by atoms with van der Waals surface area (Å²) in [5.74, 6) is 0. The maximum atomic E-state index is 7.57. The van der Waals surface area contributed by atoms with E-state index >= 15 is 0 Å². The van der Waals surface area contributed by atoms with Crippen LogP contribution in [0.4, 0.5) is 0 Å². The number of aliphatic hydroxyl groups is 2. The third kappa shape index (κ3) is 1840. The summed E-state index contributed by atoms with van der Waals surface area (Å²) in [7, 11) is 0. The van der Waals surface area contributed by atoms with Crippen molar-refractivity contribution in [2.24, 2.45) is 0 Å². The zero-order chi connectivity index (χ0) is 10.8. The van der Waals surface area contributed by atoms with E-state index in [2.05, 4.69) is 13.2 Å². The molecule has 0 unspecified atom stereocenters. The van der Waals surface area contributed by atoms with Crippen LogP contribution in [0, 0.1) is 0 Å². The lowest BCUT2D eigenvalue weighted by Gasteiger charge is -1.52. The van der Waals surface area contributed by atoms with Gasteiger partial charge in [-0.3, -0.25) is 0 Å². The quantitative estimate of drug-likeness (QED) is 0.556. The molecule has 0 amide bonds. The zero-order valence-electron chi connectivity index (χ0n) is 8.88. The SMILES string of the molecule is C=CC.C=CC.CCO.CCO. The van der Waals surface area contributed by atoms with Crippen molar-refractivity contribution in [3.8, 4) is 0 Å². The average Bonchev–Trinajstić information content (AvgIpc) is 1.92. The highest BCUT2D eigenvalue weighted by atomic mass is 16.3. The molecule has 0 radical (unpaired) electrons. The van der Waals surface area contributed by atoms with Crippen molar-refractivity contribution >= 4 is 0 Å². The van der Waals surface area contributed by atoms with Crippen molar-refractivity contribution in [3.05, 3.63) is 25.3 Å². The fourth-order valence-corrected chi connectivity index (χ4v) is 0. The van der Waals surface area contributed by atoms with Crippen LogP contribution >= 0.6 is 0 Å². The van der Waals surface area contributed by atoms with E-state index in [1.807, 2.05) is 13.8 Å². The van der Waals surface area contributed by atoms with Gasteiger partial charge in [0, 0.05) is 13.2 Å². The minimum atomic E-state index is 0.250. The zero-order valence-corrected chi connectivity index (χ0v) is 8.88. The van der Waals surface area contributed by atoms with Crippen LogP contribution in [0.1, 0.15) is 27.7 Å². The van der Waals surface area contributed by atoms with Crippen molar-refractivity contribution in [1.82, 2.24) is 0 Å². The standard InChI is InChI=1S/2C3H6.2C2H6O/c2*1-3-2;2*1-2-3/h2*3H,1H2,2H3;2*3H,2H2,1H3. The van der Waals surface area contributed by atoms with Gasteiger partial charge in [-0.15, -0.1) is 13.2 Å². The Balaban J connectivity index is -0.0000000356. The van der Waals surface area contributed by atoms with E-state index in [1.54, 1.807) is 26.0 Å². The highest BCUT2D eigenvalue weighted by Gasteiger charge is 1.34. The number of aliphatic hydroxyl groups excluding tert-OH is 2. The minimum absolute atomic E-state index is 0.250. The van der Waals surface area contributed by atoms with E-state index in [9.17, 15) is 0 Å². The highest BCUT2D eigenvalue weighted by Crippen LogP contribution is 1.38. The van der Waals surface area contributed by atoms with E-state index in [0.717, 1.165) is 0 Å². The van der Waals surface area contributed by atoms with Crippen molar-refractivity contribution in [1.29, 1.82) is 0 Å². The van der Waals surface area contributed by atoms with Crippen LogP contribution in [-0.4, -0.2) is 23.4 Å². The molecule has 2 nitrogen and oxygen atoms in total. The number of rotatable bonds is 0. The molecular formula is C10H24O2. The summed E-state index contributed by atoms with van der Waals surface area (Å²) < 4.78 is 0. The predicted octanol–water partition coefficient (Wildman–Crippen LogP) is 2.38. The molecule has 0 bridgehead atoms. The van der Waals surface area contributed by atoms with Crippen LogP contribution in [0.5, 0.6) is 0 Å². The topological polar surface area (TPSA) is 40.5 Å². The van der Waals surface area contributed by atoms with Gasteiger partial charge >= 0.3 is 0 Å². The van der Waals surface area contributed by atoms with E-state index < -0.39 is 0 Å². The van der Waals surface area contributed by atoms with Crippen molar-refractivity contribution < 1.29 is 10.2 Å². The van der Waals surface area contributed by atoms with Gasteiger partial charge in [0.1, 0.15) is 0 Å². The summed E-state index contributed by atoms with van der Waals surface area (Å²) in [5.41, 5.74) is 0. The lowest BCUT2D eigenvalue weighted by atomic mass is 10.8. The first-order valence-electron chi connectivity index (χ1n) is 4.02. The monoisotopic (exact) mass is 176 g/mol. The Morgan fingerprint density at radius 2 is 0.917 bits per heavy atom. The summed E-state index contributed by atoms with van der Waals surface area (Å²) in [6, 6.07) is 0. The van der Waals surface area contributed by atoms with Gasteiger partial charge in [0.15, 0.2) is 0 Å². The van der Waals surface area contributed by atoms with Gasteiger partial charge < -0.3 is 10.2 Å². The molecule has 0 spiro atoms. The molecule has 76 valence electrons. The predicted molar refractivity (Wildman–Crippen MR) is 57.3 cm³/mol. The first kappa shape index (κ1) is 22.5. The summed E-state index contributed by atoms with van der Waals surface area (Å²) in [5, 5.41) is 15.1. The van der Waals surface area contributed by atoms with Gasteiger partial charge in [-0.1, -0.05) is 12.2 Å². The number of hydrogen-bond donors (Lipinski definition) is 2. The smallest absolute Gasteiger partial charge is 0.0402 e. The minimum Gasteiger partial charge on any atom is -0.397 e. The molecule has 2 N–H and O–H groups in total. The lowest BCUT2D eigenvalue weighted by molar-refractivity contribution is 0.318. The summed E-state index contributed by atoms with van der Waals surface area (Å²) in [6.45, 7) is 14.4. The van der Waals surface area contributed by atoms with Crippen LogP contribution in [0.15, 0.2) is 25.3 Å². The normalized spacial score (nSPS) is 5.17. The molecule has 12 heavy (non-hydrogen) atoms. The molecule has 0 aromatic carbocycles. The van der Waals surface area contributed by atoms with Crippen LogP contribution in [-0.2, 0) is 0 Å². The molecular weight excluding hydrogens is 152 g/mol. The molecule has 0 aliphatic rings. The van der Waals surface area contributed by atoms with Gasteiger partial charge in [-0.2, -0.15) is 0 Å². The van der Waals surface area contributed by atoms with Crippen molar-refractivity contribution in [3.63, 3.8) is 0 Å². The summed E-state index contributed by atoms with van der Waals surface area (Å²) >= 11 is 0. The van der Waals surface area contributed by atoms with E-state index in [0.29, 0.717) is 0 Å². The first-order valence-corrected chi connectivity index (χ1v) is 4.02. The largest absolute Gasteiger partial charge is 0.397 e. The Morgan fingerprint density at radius 3 is 0.917 bits per heavy atom. The molecule has 0 fully saturated rings. The third-order valence-electron chi connectivity index (χ3n) is 0. The molecule has 0 rings (SSSR count). The number of allylic oxidation sites excluding steroid dienone is 2. The second-order valence-corrected chi connectivity index (χ2v) is 1.45. The van der Waals surface area contributed by atoms with Gasteiger partial charge in [0.2, 0.25) is 0 Å². The van der Waals surface area contributed by atoms with Crippen LogP contribution < -0.4 is 0 Å². The van der Waals surface area contributed by atoms with E-state index in [1.165, 1.54) is 0 Å². The molecule has 0 aromatic rings. The van der Waals surface area contributed by atoms with Gasteiger partial charge in [0.25, 0.3) is 0 Å². The van der Waals surface area contributed by atoms with Crippen LogP contribution in [0.25, 0.3) is 0 Å². The van der Waals surface area contributed by atoms with E-state index in [4.69, 9.17) is 10.2 Å². The summed E-state index contributed by atoms with van der Waals surface area (Å²) in [4.78, 5) is 0. The molecule has 0 aromatic heterocycles. The lowest BCUT2D eigenvalue weighted by Crippen LogP contribution is -1.57. The Bertz CT molecular complexity index is 43.8. The summed E-state index contributed by atoms with van der Waals surface area (Å²) in [6.07, 6.45) is 3.50. The number of hydrogen-bond acceptors (Lipinski definition) is 2. The van der Waals surface area contributed by atoms with Crippen molar-refractivity contribution in [2.45, 2.75) is 27.7 Å². The van der Waals surface area contributed by atoms with Crippen LogP contribution in [0.3, 0.4) is 0 Å². The molecule has 0 heterocycles. The second kappa shape index (κ2) is 79.5. The molecule has 0 saturated heterocycles. The maximum absolute atomic E-state index is 7.57. The molecule has 2 heteroatoms. The first-order chi connectivity index (χ1) is 5.66. The Labute approximate surface area is 77.3 Å². The van der Waals surface area contributed by atoms with Crippen LogP contribution in [0.2, 0.25) is 0 Å². The fourth-order valence-electron chi connectivity index (χ4n) is 0. The Kier molecular flexibility index (Phi) is 149. The molecule has 0 aliphatic heterocycles. The molecule has 0 saturated carbocycles. The van der Waals surface area contributed by atoms with Crippen molar-refractivity contribution in [2.75, 3.05) is 13.2 Å². The second-order valence-electron chi connectivity index (χ2n) is 1.45. The van der Waals surface area contributed by atoms with Gasteiger partial charge in [-0.05, 0) is 27.7 Å². The highest BCUT2D eigenvalue weighted by molar-refractivity contribution is 4.51. The van der Waals surface area contributed by atoms with Gasteiger partial charge in [0.05, 0.1) is 0 Å². The Hall–Kier alpha value is -0.600. The Morgan fingerprint density at radius 1 is 0.917 bits per heavy atom. The fraction of sp³-hybridized carbons (Fsp3) is 0.600. The maximum Gasteiger partial charge on any atom is 0.0402 e. The molecule has 0 atom stereocenters.